The molecule has 0 N–H and O–H groups in total. The summed E-state index contributed by atoms with van der Waals surface area (Å²) in [7, 11) is 2.23. The number of fused-ring (bicyclic) bond motifs is 1. The van der Waals surface area contributed by atoms with Crippen molar-refractivity contribution in [3.8, 4) is 0 Å². The van der Waals surface area contributed by atoms with E-state index in [9.17, 15) is 0 Å². The number of likely N-dealkylation sites (tertiary alicyclic amines) is 2. The summed E-state index contributed by atoms with van der Waals surface area (Å²) in [5.41, 5.74) is 3.18. The van der Waals surface area contributed by atoms with Crippen LogP contribution in [0.25, 0.3) is 11.1 Å². The molecule has 2 saturated heterocycles. The minimum atomic E-state index is 0.465. The van der Waals surface area contributed by atoms with E-state index in [0.29, 0.717) is 5.92 Å². The van der Waals surface area contributed by atoms with Gasteiger partial charge in [0.2, 0.25) is 0 Å². The Bertz CT molecular complexity index is 657. The van der Waals surface area contributed by atoms with Gasteiger partial charge in [-0.15, -0.1) is 0 Å². The van der Waals surface area contributed by atoms with Crippen LogP contribution in [0.4, 0.5) is 0 Å². The fourth-order valence-corrected chi connectivity index (χ4v) is 3.91. The molecule has 0 saturated carbocycles. The first kappa shape index (κ1) is 14.2. The molecule has 2 aromatic rings. The SMILES string of the molecule is Cc1ccc2oc(C3CCN(C4CCN(C)CC4)C3)nc2c1. The Hall–Kier alpha value is -1.39. The Kier molecular flexibility index (Phi) is 3.66. The molecule has 2 aliphatic heterocycles. The van der Waals surface area contributed by atoms with Gasteiger partial charge in [-0.25, -0.2) is 4.98 Å². The van der Waals surface area contributed by atoms with Crippen LogP contribution >= 0.6 is 0 Å². The van der Waals surface area contributed by atoms with Gasteiger partial charge < -0.3 is 9.32 Å². The third-order valence-corrected chi connectivity index (χ3v) is 5.33. The van der Waals surface area contributed by atoms with Crippen molar-refractivity contribution in [3.05, 3.63) is 29.7 Å². The fourth-order valence-electron chi connectivity index (χ4n) is 3.91. The maximum atomic E-state index is 6.01. The monoisotopic (exact) mass is 299 g/mol. The van der Waals surface area contributed by atoms with Crippen LogP contribution in [0.5, 0.6) is 0 Å². The molecule has 0 spiro atoms. The van der Waals surface area contributed by atoms with Gasteiger partial charge in [0.1, 0.15) is 5.52 Å². The Morgan fingerprint density at radius 3 is 2.77 bits per heavy atom. The molecule has 0 aliphatic carbocycles. The second-order valence-corrected chi connectivity index (χ2v) is 7.04. The minimum absolute atomic E-state index is 0.465. The molecule has 2 aliphatic rings. The van der Waals surface area contributed by atoms with Gasteiger partial charge in [0, 0.05) is 18.5 Å². The van der Waals surface area contributed by atoms with Gasteiger partial charge in [-0.05, 0) is 70.6 Å². The number of hydrogen-bond acceptors (Lipinski definition) is 4. The lowest BCUT2D eigenvalue weighted by Crippen LogP contribution is -2.42. The zero-order chi connectivity index (χ0) is 15.1. The molecule has 3 heterocycles. The molecule has 4 nitrogen and oxygen atoms in total. The maximum absolute atomic E-state index is 6.01. The average Bonchev–Trinajstić information content (AvgIpc) is 3.13. The predicted molar refractivity (Wildman–Crippen MR) is 88.2 cm³/mol. The zero-order valence-corrected chi connectivity index (χ0v) is 13.6. The molecule has 0 radical (unpaired) electrons. The molecule has 1 aromatic carbocycles. The van der Waals surface area contributed by atoms with Crippen molar-refractivity contribution in [2.24, 2.45) is 0 Å². The van der Waals surface area contributed by atoms with E-state index in [4.69, 9.17) is 9.40 Å². The highest BCUT2D eigenvalue weighted by molar-refractivity contribution is 5.73. The standard InChI is InChI=1S/C18H25N3O/c1-13-3-4-17-16(11-13)19-18(22-17)14-5-10-21(12-14)15-6-8-20(2)9-7-15/h3-4,11,14-15H,5-10,12H2,1-2H3. The Labute approximate surface area is 132 Å². The molecule has 4 heteroatoms. The van der Waals surface area contributed by atoms with Crippen LogP contribution < -0.4 is 0 Å². The number of piperidine rings is 1. The van der Waals surface area contributed by atoms with Gasteiger partial charge in [-0.2, -0.15) is 0 Å². The van der Waals surface area contributed by atoms with Crippen molar-refractivity contribution in [2.45, 2.75) is 38.1 Å². The number of nitrogens with zero attached hydrogens (tertiary/aromatic N) is 3. The van der Waals surface area contributed by atoms with E-state index < -0.39 is 0 Å². The van der Waals surface area contributed by atoms with Gasteiger partial charge in [-0.1, -0.05) is 6.07 Å². The number of hydrogen-bond donors (Lipinski definition) is 0. The molecule has 118 valence electrons. The average molecular weight is 299 g/mol. The van der Waals surface area contributed by atoms with E-state index in [1.54, 1.807) is 0 Å². The highest BCUT2D eigenvalue weighted by Gasteiger charge is 2.33. The van der Waals surface area contributed by atoms with Crippen molar-refractivity contribution in [1.29, 1.82) is 0 Å². The fraction of sp³-hybridized carbons (Fsp3) is 0.611. The molecule has 0 bridgehead atoms. The van der Waals surface area contributed by atoms with E-state index in [1.807, 2.05) is 6.07 Å². The van der Waals surface area contributed by atoms with E-state index in [-0.39, 0.29) is 0 Å². The normalized spacial score (nSPS) is 25.3. The van der Waals surface area contributed by atoms with Crippen LogP contribution in [0.2, 0.25) is 0 Å². The van der Waals surface area contributed by atoms with Crippen LogP contribution in [0.1, 0.15) is 36.6 Å². The summed E-state index contributed by atoms with van der Waals surface area (Å²) in [5.74, 6) is 1.41. The van der Waals surface area contributed by atoms with Crippen molar-refractivity contribution < 1.29 is 4.42 Å². The Balaban J connectivity index is 1.47. The molecule has 1 atom stereocenters. The third-order valence-electron chi connectivity index (χ3n) is 5.33. The number of aryl methyl sites for hydroxylation is 1. The summed E-state index contributed by atoms with van der Waals surface area (Å²) in [6, 6.07) is 7.01. The largest absolute Gasteiger partial charge is 0.440 e. The molecule has 1 aromatic heterocycles. The van der Waals surface area contributed by atoms with Gasteiger partial charge in [-0.3, -0.25) is 4.90 Å². The lowest BCUT2D eigenvalue weighted by molar-refractivity contribution is 0.141. The smallest absolute Gasteiger partial charge is 0.199 e. The molecular formula is C18H25N3O. The number of rotatable bonds is 2. The van der Waals surface area contributed by atoms with Crippen LogP contribution in [0.15, 0.2) is 22.6 Å². The molecule has 4 rings (SSSR count). The van der Waals surface area contributed by atoms with Gasteiger partial charge in [0.15, 0.2) is 11.5 Å². The van der Waals surface area contributed by atoms with Gasteiger partial charge in [0.25, 0.3) is 0 Å². The van der Waals surface area contributed by atoms with Gasteiger partial charge in [0.05, 0.1) is 0 Å². The molecule has 1 unspecified atom stereocenters. The minimum Gasteiger partial charge on any atom is -0.440 e. The summed E-state index contributed by atoms with van der Waals surface area (Å²) in [6.07, 6.45) is 3.78. The van der Waals surface area contributed by atoms with E-state index >= 15 is 0 Å². The van der Waals surface area contributed by atoms with Crippen LogP contribution in [0, 0.1) is 6.92 Å². The van der Waals surface area contributed by atoms with Crippen LogP contribution in [-0.2, 0) is 0 Å². The van der Waals surface area contributed by atoms with Crippen molar-refractivity contribution in [3.63, 3.8) is 0 Å². The highest BCUT2D eigenvalue weighted by Crippen LogP contribution is 2.32. The third kappa shape index (κ3) is 2.66. The molecule has 2 fully saturated rings. The van der Waals surface area contributed by atoms with E-state index in [2.05, 4.69) is 35.9 Å². The Morgan fingerprint density at radius 1 is 1.14 bits per heavy atom. The first-order chi connectivity index (χ1) is 10.7. The second-order valence-electron chi connectivity index (χ2n) is 7.04. The molecule has 0 amide bonds. The van der Waals surface area contributed by atoms with E-state index in [1.165, 1.54) is 44.5 Å². The topological polar surface area (TPSA) is 32.5 Å². The summed E-state index contributed by atoms with van der Waals surface area (Å²) in [6.45, 7) is 6.87. The van der Waals surface area contributed by atoms with Crippen LogP contribution in [-0.4, -0.2) is 54.1 Å². The highest BCUT2D eigenvalue weighted by atomic mass is 16.3. The molecular weight excluding hydrogens is 274 g/mol. The summed E-state index contributed by atoms with van der Waals surface area (Å²) in [4.78, 5) is 9.85. The second kappa shape index (κ2) is 5.67. The predicted octanol–water partition coefficient (Wildman–Crippen LogP) is 3.02. The van der Waals surface area contributed by atoms with Crippen molar-refractivity contribution in [2.75, 3.05) is 33.2 Å². The first-order valence-corrected chi connectivity index (χ1v) is 8.49. The maximum Gasteiger partial charge on any atom is 0.199 e. The quantitative estimate of drug-likeness (QED) is 0.853. The lowest BCUT2D eigenvalue weighted by atomic mass is 10.0. The summed E-state index contributed by atoms with van der Waals surface area (Å²) < 4.78 is 6.01. The lowest BCUT2D eigenvalue weighted by Gasteiger charge is -2.35. The number of aromatic nitrogens is 1. The number of benzene rings is 1. The first-order valence-electron chi connectivity index (χ1n) is 8.49. The van der Waals surface area contributed by atoms with E-state index in [0.717, 1.165) is 29.6 Å². The molecule has 22 heavy (non-hydrogen) atoms. The zero-order valence-electron chi connectivity index (χ0n) is 13.6. The van der Waals surface area contributed by atoms with Gasteiger partial charge >= 0.3 is 0 Å². The van der Waals surface area contributed by atoms with Crippen LogP contribution in [0.3, 0.4) is 0 Å². The Morgan fingerprint density at radius 2 is 1.95 bits per heavy atom. The summed E-state index contributed by atoms with van der Waals surface area (Å²) in [5, 5.41) is 0. The number of oxazole rings is 1. The summed E-state index contributed by atoms with van der Waals surface area (Å²) >= 11 is 0. The van der Waals surface area contributed by atoms with Crippen molar-refractivity contribution >= 4 is 11.1 Å². The van der Waals surface area contributed by atoms with Crippen molar-refractivity contribution in [1.82, 2.24) is 14.8 Å².